The summed E-state index contributed by atoms with van der Waals surface area (Å²) in [6.07, 6.45) is -2.99. The van der Waals surface area contributed by atoms with Crippen LogP contribution in [0.2, 0.25) is 0 Å². The van der Waals surface area contributed by atoms with E-state index < -0.39 is 29.5 Å². The van der Waals surface area contributed by atoms with Crippen molar-refractivity contribution in [2.24, 2.45) is 0 Å². The maximum atomic E-state index is 13.6. The van der Waals surface area contributed by atoms with Gasteiger partial charge in [0.2, 0.25) is 5.91 Å². The summed E-state index contributed by atoms with van der Waals surface area (Å²) in [6.45, 7) is 0. The SMILES string of the molecule is O=C(CSc1cccc(NC(=O)/C(=C\c2cccc3ccccc23)NC(=O)c2ccccc2)c1)Nc1ccccc1C(F)(F)F. The van der Waals surface area contributed by atoms with Gasteiger partial charge in [-0.1, -0.05) is 78.9 Å². The predicted molar refractivity (Wildman–Crippen MR) is 172 cm³/mol. The van der Waals surface area contributed by atoms with E-state index in [0.717, 1.165) is 34.2 Å². The first-order chi connectivity index (χ1) is 21.7. The third-order valence-electron chi connectivity index (χ3n) is 6.62. The number of benzene rings is 5. The van der Waals surface area contributed by atoms with E-state index in [4.69, 9.17) is 0 Å². The zero-order valence-electron chi connectivity index (χ0n) is 23.6. The highest BCUT2D eigenvalue weighted by molar-refractivity contribution is 8.00. The third-order valence-corrected chi connectivity index (χ3v) is 7.61. The molecule has 0 fully saturated rings. The highest BCUT2D eigenvalue weighted by Gasteiger charge is 2.33. The molecule has 0 saturated carbocycles. The molecule has 0 saturated heterocycles. The molecule has 6 nitrogen and oxygen atoms in total. The topological polar surface area (TPSA) is 87.3 Å². The van der Waals surface area contributed by atoms with Crippen LogP contribution in [0.3, 0.4) is 0 Å². The standard InChI is InChI=1S/C35H26F3N3O3S/c36-35(37,38)29-18-6-7-19-30(29)40-32(42)22-45-27-16-9-15-26(21-27)39-34(44)31(41-33(43)24-11-2-1-3-12-24)20-25-14-8-13-23-10-4-5-17-28(23)25/h1-21H,22H2,(H,39,44)(H,40,42)(H,41,43)/b31-20+. The van der Waals surface area contributed by atoms with E-state index in [9.17, 15) is 27.6 Å². The van der Waals surface area contributed by atoms with Crippen molar-refractivity contribution < 1.29 is 27.6 Å². The molecular formula is C35H26F3N3O3S. The fourth-order valence-electron chi connectivity index (χ4n) is 4.51. The van der Waals surface area contributed by atoms with Crippen molar-refractivity contribution in [3.8, 4) is 0 Å². The Balaban J connectivity index is 1.32. The second-order valence-corrected chi connectivity index (χ2v) is 10.9. The van der Waals surface area contributed by atoms with Crippen molar-refractivity contribution in [2.45, 2.75) is 11.1 Å². The van der Waals surface area contributed by atoms with E-state index >= 15 is 0 Å². The molecule has 0 atom stereocenters. The molecule has 5 aromatic rings. The van der Waals surface area contributed by atoms with Crippen LogP contribution < -0.4 is 16.0 Å². The molecule has 3 N–H and O–H groups in total. The summed E-state index contributed by atoms with van der Waals surface area (Å²) in [7, 11) is 0. The molecule has 0 aliphatic heterocycles. The van der Waals surface area contributed by atoms with Crippen LogP contribution >= 0.6 is 11.8 Å². The normalized spacial score (nSPS) is 11.6. The van der Waals surface area contributed by atoms with Gasteiger partial charge in [0.25, 0.3) is 11.8 Å². The van der Waals surface area contributed by atoms with Crippen molar-refractivity contribution >= 4 is 57.7 Å². The molecule has 0 spiro atoms. The Hall–Kier alpha value is -5.35. The van der Waals surface area contributed by atoms with Gasteiger partial charge in [-0.3, -0.25) is 14.4 Å². The van der Waals surface area contributed by atoms with Crippen LogP contribution in [0.15, 0.2) is 132 Å². The van der Waals surface area contributed by atoms with E-state index in [0.29, 0.717) is 16.1 Å². The molecule has 0 aliphatic carbocycles. The number of carbonyl (C=O) groups is 3. The number of amides is 3. The van der Waals surface area contributed by atoms with Crippen LogP contribution in [0.25, 0.3) is 16.8 Å². The number of fused-ring (bicyclic) bond motifs is 1. The second-order valence-electron chi connectivity index (χ2n) is 9.81. The minimum absolute atomic E-state index is 0.0148. The maximum absolute atomic E-state index is 13.6. The van der Waals surface area contributed by atoms with Crippen molar-refractivity contribution in [1.82, 2.24) is 5.32 Å². The van der Waals surface area contributed by atoms with Crippen molar-refractivity contribution in [1.29, 1.82) is 0 Å². The monoisotopic (exact) mass is 625 g/mol. The van der Waals surface area contributed by atoms with Crippen molar-refractivity contribution in [3.63, 3.8) is 0 Å². The summed E-state index contributed by atoms with van der Waals surface area (Å²) < 4.78 is 39.9. The zero-order chi connectivity index (χ0) is 31.8. The molecule has 45 heavy (non-hydrogen) atoms. The number of thioether (sulfide) groups is 1. The Morgan fingerprint density at radius 1 is 0.733 bits per heavy atom. The molecule has 3 amide bonds. The van der Waals surface area contributed by atoms with Crippen LogP contribution in [0.5, 0.6) is 0 Å². The fourth-order valence-corrected chi connectivity index (χ4v) is 5.27. The number of anilines is 2. The minimum Gasteiger partial charge on any atom is -0.325 e. The number of hydrogen-bond donors (Lipinski definition) is 3. The Labute approximate surface area is 261 Å². The van der Waals surface area contributed by atoms with Gasteiger partial charge in [0.1, 0.15) is 5.70 Å². The summed E-state index contributed by atoms with van der Waals surface area (Å²) in [5.41, 5.74) is 0.267. The first kappa shape index (κ1) is 31.1. The number of para-hydroxylation sites is 1. The van der Waals surface area contributed by atoms with E-state index in [1.54, 1.807) is 60.7 Å². The largest absolute Gasteiger partial charge is 0.418 e. The number of halogens is 3. The molecule has 5 aromatic carbocycles. The lowest BCUT2D eigenvalue weighted by atomic mass is 10.0. The molecule has 10 heteroatoms. The average Bonchev–Trinajstić information content (AvgIpc) is 3.04. The Bertz CT molecular complexity index is 1890. The first-order valence-electron chi connectivity index (χ1n) is 13.7. The van der Waals surface area contributed by atoms with Gasteiger partial charge >= 0.3 is 6.18 Å². The van der Waals surface area contributed by atoms with Gasteiger partial charge in [0.15, 0.2) is 0 Å². The van der Waals surface area contributed by atoms with Gasteiger partial charge in [0, 0.05) is 16.1 Å². The van der Waals surface area contributed by atoms with Crippen molar-refractivity contribution in [3.05, 3.63) is 144 Å². The Morgan fingerprint density at radius 3 is 2.22 bits per heavy atom. The first-order valence-corrected chi connectivity index (χ1v) is 14.7. The number of alkyl halides is 3. The summed E-state index contributed by atoms with van der Waals surface area (Å²) in [5.74, 6) is -1.81. The van der Waals surface area contributed by atoms with Gasteiger partial charge in [-0.15, -0.1) is 11.8 Å². The Kier molecular flexibility index (Phi) is 9.64. The summed E-state index contributed by atoms with van der Waals surface area (Å²) in [6, 6.07) is 33.3. The summed E-state index contributed by atoms with van der Waals surface area (Å²) in [4.78, 5) is 39.7. The van der Waals surface area contributed by atoms with Crippen LogP contribution in [-0.4, -0.2) is 23.5 Å². The fraction of sp³-hybridized carbons (Fsp3) is 0.0571. The Morgan fingerprint density at radius 2 is 1.42 bits per heavy atom. The van der Waals surface area contributed by atoms with E-state index in [1.807, 2.05) is 42.5 Å². The molecule has 0 aliphatic rings. The molecular weight excluding hydrogens is 599 g/mol. The molecule has 0 bridgehead atoms. The molecule has 0 aromatic heterocycles. The third kappa shape index (κ3) is 8.18. The number of carbonyl (C=O) groups excluding carboxylic acids is 3. The molecule has 5 rings (SSSR count). The lowest BCUT2D eigenvalue weighted by molar-refractivity contribution is -0.137. The van der Waals surface area contributed by atoms with Gasteiger partial charge < -0.3 is 16.0 Å². The zero-order valence-corrected chi connectivity index (χ0v) is 24.4. The van der Waals surface area contributed by atoms with Gasteiger partial charge in [-0.2, -0.15) is 13.2 Å². The summed E-state index contributed by atoms with van der Waals surface area (Å²) in [5, 5.41) is 9.71. The second kappa shape index (κ2) is 14.0. The predicted octanol–water partition coefficient (Wildman–Crippen LogP) is 8.00. The van der Waals surface area contributed by atoms with Crippen LogP contribution in [0.1, 0.15) is 21.5 Å². The van der Waals surface area contributed by atoms with E-state index in [1.165, 1.54) is 18.2 Å². The minimum atomic E-state index is -4.61. The maximum Gasteiger partial charge on any atom is 0.418 e. The molecule has 0 unspecified atom stereocenters. The molecule has 226 valence electrons. The lowest BCUT2D eigenvalue weighted by Gasteiger charge is -2.14. The molecule has 0 heterocycles. The average molecular weight is 626 g/mol. The van der Waals surface area contributed by atoms with Crippen molar-refractivity contribution in [2.75, 3.05) is 16.4 Å². The van der Waals surface area contributed by atoms with E-state index in [2.05, 4.69) is 16.0 Å². The smallest absolute Gasteiger partial charge is 0.325 e. The van der Waals surface area contributed by atoms with Crippen LogP contribution in [-0.2, 0) is 15.8 Å². The summed E-state index contributed by atoms with van der Waals surface area (Å²) >= 11 is 1.09. The van der Waals surface area contributed by atoms with Crippen LogP contribution in [0, 0.1) is 0 Å². The van der Waals surface area contributed by atoms with Crippen LogP contribution in [0.4, 0.5) is 24.5 Å². The quantitative estimate of drug-likeness (QED) is 0.114. The lowest BCUT2D eigenvalue weighted by Crippen LogP contribution is -2.30. The number of hydrogen-bond acceptors (Lipinski definition) is 4. The van der Waals surface area contributed by atoms with E-state index in [-0.39, 0.29) is 17.1 Å². The molecule has 0 radical (unpaired) electrons. The van der Waals surface area contributed by atoms with Gasteiger partial charge in [-0.25, -0.2) is 0 Å². The highest BCUT2D eigenvalue weighted by Crippen LogP contribution is 2.34. The number of nitrogens with one attached hydrogen (secondary N) is 3. The number of rotatable bonds is 9. The highest BCUT2D eigenvalue weighted by atomic mass is 32.2. The van der Waals surface area contributed by atoms with Gasteiger partial charge in [-0.05, 0) is 64.9 Å². The van der Waals surface area contributed by atoms with Gasteiger partial charge in [0.05, 0.1) is 17.0 Å².